The first kappa shape index (κ1) is 13.8. The van der Waals surface area contributed by atoms with Crippen molar-refractivity contribution in [3.63, 3.8) is 0 Å². The summed E-state index contributed by atoms with van der Waals surface area (Å²) in [5, 5.41) is 8.54. The summed E-state index contributed by atoms with van der Waals surface area (Å²) in [6.45, 7) is 4.56. The van der Waals surface area contributed by atoms with Crippen molar-refractivity contribution in [1.82, 2.24) is 15.2 Å². The third-order valence-electron chi connectivity index (χ3n) is 3.42. The Morgan fingerprint density at radius 2 is 2.11 bits per heavy atom. The number of carbonyl (C=O) groups excluding carboxylic acids is 1. The van der Waals surface area contributed by atoms with E-state index in [1.165, 1.54) is 19.3 Å². The van der Waals surface area contributed by atoms with Gasteiger partial charge >= 0.3 is 0 Å². The molecular weight excluding hydrogens is 240 g/mol. The Kier molecular flexibility index (Phi) is 4.71. The number of aromatic nitrogens is 2. The van der Waals surface area contributed by atoms with E-state index >= 15 is 0 Å². The van der Waals surface area contributed by atoms with Crippen molar-refractivity contribution in [3.8, 4) is 0 Å². The van der Waals surface area contributed by atoms with Crippen LogP contribution in [0, 0.1) is 13.8 Å². The highest BCUT2D eigenvalue weighted by atomic mass is 16.2. The lowest BCUT2D eigenvalue weighted by atomic mass is 9.99. The molecule has 104 valence electrons. The summed E-state index contributed by atoms with van der Waals surface area (Å²) >= 11 is 0. The molecule has 1 N–H and O–H groups in total. The molecule has 5 heteroatoms. The summed E-state index contributed by atoms with van der Waals surface area (Å²) in [5.74, 6) is -0.0365. The summed E-state index contributed by atoms with van der Waals surface area (Å²) in [5.41, 5.74) is 5.86. The number of hydrogen-bond donors (Lipinski definition) is 1. The molecule has 0 bridgehead atoms. The van der Waals surface area contributed by atoms with Gasteiger partial charge < -0.3 is 0 Å². The number of hydrogen-bond acceptors (Lipinski definition) is 3. The predicted molar refractivity (Wildman–Crippen MR) is 75.0 cm³/mol. The van der Waals surface area contributed by atoms with Gasteiger partial charge in [0, 0.05) is 17.8 Å². The highest BCUT2D eigenvalue weighted by molar-refractivity contribution is 5.86. The van der Waals surface area contributed by atoms with Crippen LogP contribution in [-0.2, 0) is 11.3 Å². The summed E-state index contributed by atoms with van der Waals surface area (Å²) in [7, 11) is 0. The molecule has 1 fully saturated rings. The van der Waals surface area contributed by atoms with E-state index in [-0.39, 0.29) is 5.91 Å². The second-order valence-corrected chi connectivity index (χ2v) is 5.17. The Morgan fingerprint density at radius 3 is 2.74 bits per heavy atom. The van der Waals surface area contributed by atoms with Gasteiger partial charge in [-0.25, -0.2) is 5.43 Å². The summed E-state index contributed by atoms with van der Waals surface area (Å²) in [4.78, 5) is 11.7. The normalized spacial score (nSPS) is 15.4. The molecule has 2 rings (SSSR count). The van der Waals surface area contributed by atoms with Crippen molar-refractivity contribution in [2.24, 2.45) is 5.10 Å². The maximum Gasteiger partial charge on any atom is 0.241 e. The molecule has 1 aromatic rings. The zero-order valence-electron chi connectivity index (χ0n) is 11.8. The van der Waals surface area contributed by atoms with Crippen molar-refractivity contribution in [1.29, 1.82) is 0 Å². The molecule has 0 aliphatic heterocycles. The fourth-order valence-corrected chi connectivity index (χ4v) is 2.38. The van der Waals surface area contributed by atoms with Crippen LogP contribution in [0.4, 0.5) is 0 Å². The number of carbonyl (C=O) groups is 1. The van der Waals surface area contributed by atoms with E-state index < -0.39 is 0 Å². The fourth-order valence-electron chi connectivity index (χ4n) is 2.38. The molecule has 0 spiro atoms. The number of amides is 1. The average Bonchev–Trinajstić information content (AvgIpc) is 2.73. The van der Waals surface area contributed by atoms with Crippen molar-refractivity contribution in [3.05, 3.63) is 17.5 Å². The quantitative estimate of drug-likeness (QED) is 0.847. The first-order valence-electron chi connectivity index (χ1n) is 7.00. The van der Waals surface area contributed by atoms with E-state index in [4.69, 9.17) is 0 Å². The second-order valence-electron chi connectivity index (χ2n) is 5.17. The number of rotatable bonds is 4. The number of nitrogens with one attached hydrogen (secondary N) is 1. The lowest BCUT2D eigenvalue weighted by Gasteiger charge is -2.12. The Morgan fingerprint density at radius 1 is 1.37 bits per heavy atom. The molecule has 1 heterocycles. The Balaban J connectivity index is 1.77. The van der Waals surface area contributed by atoms with Gasteiger partial charge in [0.2, 0.25) is 5.91 Å². The van der Waals surface area contributed by atoms with E-state index in [2.05, 4.69) is 15.6 Å². The van der Waals surface area contributed by atoms with Crippen LogP contribution >= 0.6 is 0 Å². The van der Waals surface area contributed by atoms with E-state index in [0.29, 0.717) is 13.0 Å². The number of nitrogens with zero attached hydrogens (tertiary/aromatic N) is 3. The molecule has 0 saturated heterocycles. The standard InChI is InChI=1S/C14H22N4O/c1-11-10-12(2)18(17-11)9-8-14(19)16-15-13-6-4-3-5-7-13/h10H,3-9H2,1-2H3,(H,16,19). The molecule has 1 aliphatic carbocycles. The lowest BCUT2D eigenvalue weighted by Crippen LogP contribution is -2.22. The fraction of sp³-hybridized carbons (Fsp3) is 0.643. The van der Waals surface area contributed by atoms with Crippen molar-refractivity contribution >= 4 is 11.6 Å². The zero-order chi connectivity index (χ0) is 13.7. The van der Waals surface area contributed by atoms with Crippen LogP contribution in [0.1, 0.15) is 49.9 Å². The topological polar surface area (TPSA) is 59.3 Å². The van der Waals surface area contributed by atoms with Crippen LogP contribution in [0.2, 0.25) is 0 Å². The van der Waals surface area contributed by atoms with Gasteiger partial charge in [0.1, 0.15) is 0 Å². The van der Waals surface area contributed by atoms with E-state index in [0.717, 1.165) is 29.9 Å². The van der Waals surface area contributed by atoms with Gasteiger partial charge in [0.05, 0.1) is 12.2 Å². The summed E-state index contributed by atoms with van der Waals surface area (Å²) < 4.78 is 1.86. The van der Waals surface area contributed by atoms with E-state index in [9.17, 15) is 4.79 Å². The molecule has 19 heavy (non-hydrogen) atoms. The highest BCUT2D eigenvalue weighted by Crippen LogP contribution is 2.14. The lowest BCUT2D eigenvalue weighted by molar-refractivity contribution is -0.121. The maximum atomic E-state index is 11.7. The van der Waals surface area contributed by atoms with Crippen molar-refractivity contribution in [2.45, 2.75) is 58.9 Å². The average molecular weight is 262 g/mol. The first-order chi connectivity index (χ1) is 9.15. The van der Waals surface area contributed by atoms with Crippen LogP contribution in [0.15, 0.2) is 11.2 Å². The Labute approximate surface area is 114 Å². The van der Waals surface area contributed by atoms with Gasteiger partial charge in [0.25, 0.3) is 0 Å². The van der Waals surface area contributed by atoms with E-state index in [1.54, 1.807) is 0 Å². The minimum atomic E-state index is -0.0365. The van der Waals surface area contributed by atoms with Crippen molar-refractivity contribution in [2.75, 3.05) is 0 Å². The second kappa shape index (κ2) is 6.50. The third-order valence-corrected chi connectivity index (χ3v) is 3.42. The van der Waals surface area contributed by atoms with Gasteiger partial charge in [-0.15, -0.1) is 0 Å². The summed E-state index contributed by atoms with van der Waals surface area (Å²) in [6, 6.07) is 2.01. The molecule has 0 atom stereocenters. The molecule has 1 aliphatic rings. The van der Waals surface area contributed by atoms with Crippen LogP contribution in [-0.4, -0.2) is 21.4 Å². The van der Waals surface area contributed by atoms with Gasteiger partial charge in [-0.3, -0.25) is 9.48 Å². The summed E-state index contributed by atoms with van der Waals surface area (Å²) in [6.07, 6.45) is 6.14. The maximum absolute atomic E-state index is 11.7. The monoisotopic (exact) mass is 262 g/mol. The Bertz CT molecular complexity index is 468. The number of aryl methyl sites for hydroxylation is 3. The molecule has 0 radical (unpaired) electrons. The van der Waals surface area contributed by atoms with Gasteiger partial charge in [-0.1, -0.05) is 6.42 Å². The minimum absolute atomic E-state index is 0.0365. The largest absolute Gasteiger partial charge is 0.273 e. The molecule has 5 nitrogen and oxygen atoms in total. The molecular formula is C14H22N4O. The SMILES string of the molecule is Cc1cc(C)n(CCC(=O)NN=C2CCCCC2)n1. The number of hydrazone groups is 1. The van der Waals surface area contributed by atoms with Crippen LogP contribution in [0.25, 0.3) is 0 Å². The molecule has 1 aromatic heterocycles. The van der Waals surface area contributed by atoms with E-state index in [1.807, 2.05) is 24.6 Å². The van der Waals surface area contributed by atoms with Gasteiger partial charge in [-0.2, -0.15) is 10.2 Å². The Hall–Kier alpha value is -1.65. The van der Waals surface area contributed by atoms with Crippen molar-refractivity contribution < 1.29 is 4.79 Å². The van der Waals surface area contributed by atoms with Crippen LogP contribution in [0.3, 0.4) is 0 Å². The third kappa shape index (κ3) is 4.19. The van der Waals surface area contributed by atoms with Crippen LogP contribution < -0.4 is 5.43 Å². The van der Waals surface area contributed by atoms with Gasteiger partial charge in [0.15, 0.2) is 0 Å². The minimum Gasteiger partial charge on any atom is -0.273 e. The molecule has 1 saturated carbocycles. The predicted octanol–water partition coefficient (Wildman–Crippen LogP) is 2.33. The zero-order valence-corrected chi connectivity index (χ0v) is 11.8. The van der Waals surface area contributed by atoms with Crippen LogP contribution in [0.5, 0.6) is 0 Å². The smallest absolute Gasteiger partial charge is 0.241 e. The highest BCUT2D eigenvalue weighted by Gasteiger charge is 2.08. The van der Waals surface area contributed by atoms with Gasteiger partial charge in [-0.05, 0) is 45.6 Å². The first-order valence-corrected chi connectivity index (χ1v) is 7.00. The molecule has 0 aromatic carbocycles. The molecule has 1 amide bonds. The molecule has 0 unspecified atom stereocenters.